The first-order valence-corrected chi connectivity index (χ1v) is 5.43. The molecular formula is C11H21N3O. The van der Waals surface area contributed by atoms with E-state index in [1.165, 1.54) is 0 Å². The minimum absolute atomic E-state index is 0.174. The molecule has 15 heavy (non-hydrogen) atoms. The molecule has 0 saturated carbocycles. The van der Waals surface area contributed by atoms with Crippen molar-refractivity contribution in [2.24, 2.45) is 5.73 Å². The molecule has 0 spiro atoms. The van der Waals surface area contributed by atoms with E-state index in [1.807, 2.05) is 18.7 Å². The number of hydrogen-bond acceptors (Lipinski definition) is 3. The Bertz CT molecular complexity index is 246. The zero-order valence-electron chi connectivity index (χ0n) is 9.70. The molecule has 1 heterocycles. The molecule has 86 valence electrons. The second-order valence-corrected chi connectivity index (χ2v) is 4.32. The number of hydrogen-bond donors (Lipinski definition) is 1. The fourth-order valence-electron chi connectivity index (χ4n) is 1.73. The van der Waals surface area contributed by atoms with Gasteiger partial charge in [-0.15, -0.1) is 0 Å². The molecule has 0 radical (unpaired) electrons. The second-order valence-electron chi connectivity index (χ2n) is 4.32. The van der Waals surface area contributed by atoms with Crippen LogP contribution in [0.3, 0.4) is 0 Å². The molecule has 0 aromatic heterocycles. The van der Waals surface area contributed by atoms with E-state index in [0.29, 0.717) is 13.1 Å². The quantitative estimate of drug-likeness (QED) is 0.654. The maximum Gasteiger partial charge on any atom is 0.237 e. The molecule has 4 nitrogen and oxygen atoms in total. The van der Waals surface area contributed by atoms with E-state index < -0.39 is 0 Å². The van der Waals surface area contributed by atoms with Crippen LogP contribution in [0.5, 0.6) is 0 Å². The lowest BCUT2D eigenvalue weighted by molar-refractivity contribution is -0.132. The van der Waals surface area contributed by atoms with Crippen LogP contribution in [0.2, 0.25) is 0 Å². The predicted molar refractivity (Wildman–Crippen MR) is 61.5 cm³/mol. The average molecular weight is 211 g/mol. The number of likely N-dealkylation sites (N-methyl/N-ethyl adjacent to an activating group) is 1. The molecule has 0 bridgehead atoms. The smallest absolute Gasteiger partial charge is 0.237 e. The largest absolute Gasteiger partial charge is 0.338 e. The summed E-state index contributed by atoms with van der Waals surface area (Å²) in [5.41, 5.74) is 6.67. The summed E-state index contributed by atoms with van der Waals surface area (Å²) in [7, 11) is 0. The van der Waals surface area contributed by atoms with E-state index in [-0.39, 0.29) is 11.9 Å². The van der Waals surface area contributed by atoms with Crippen LogP contribution in [0.1, 0.15) is 13.8 Å². The zero-order chi connectivity index (χ0) is 11.4. The first kappa shape index (κ1) is 12.2. The number of carbonyl (C=O) groups excluding carboxylic acids is 1. The first-order valence-electron chi connectivity index (χ1n) is 5.43. The van der Waals surface area contributed by atoms with Gasteiger partial charge >= 0.3 is 0 Å². The summed E-state index contributed by atoms with van der Waals surface area (Å²) in [5, 5.41) is 0. The van der Waals surface area contributed by atoms with E-state index in [4.69, 9.17) is 5.73 Å². The van der Waals surface area contributed by atoms with Gasteiger partial charge in [-0.2, -0.15) is 0 Å². The number of likely N-dealkylation sites (tertiary alicyclic amines) is 1. The van der Waals surface area contributed by atoms with Crippen molar-refractivity contribution in [2.75, 3.05) is 32.7 Å². The summed E-state index contributed by atoms with van der Waals surface area (Å²) in [6.45, 7) is 11.3. The third-order valence-electron chi connectivity index (χ3n) is 2.54. The molecule has 1 aliphatic heterocycles. The molecule has 0 aliphatic carbocycles. The Labute approximate surface area is 91.7 Å². The van der Waals surface area contributed by atoms with E-state index >= 15 is 0 Å². The minimum Gasteiger partial charge on any atom is -0.338 e. The Kier molecular flexibility index (Phi) is 4.29. The molecule has 1 amide bonds. The normalized spacial score (nSPS) is 17.3. The van der Waals surface area contributed by atoms with E-state index in [0.717, 1.165) is 25.2 Å². The Morgan fingerprint density at radius 1 is 1.60 bits per heavy atom. The van der Waals surface area contributed by atoms with E-state index in [9.17, 15) is 4.79 Å². The van der Waals surface area contributed by atoms with Crippen molar-refractivity contribution in [2.45, 2.75) is 19.9 Å². The third kappa shape index (κ3) is 3.64. The lowest BCUT2D eigenvalue weighted by Crippen LogP contribution is -2.58. The summed E-state index contributed by atoms with van der Waals surface area (Å²) >= 11 is 0. The molecule has 2 N–H and O–H groups in total. The van der Waals surface area contributed by atoms with Crippen LogP contribution in [-0.4, -0.2) is 54.5 Å². The highest BCUT2D eigenvalue weighted by atomic mass is 16.2. The van der Waals surface area contributed by atoms with Crippen LogP contribution < -0.4 is 5.73 Å². The van der Waals surface area contributed by atoms with Crippen LogP contribution in [0.25, 0.3) is 0 Å². The highest BCUT2D eigenvalue weighted by Crippen LogP contribution is 2.06. The zero-order valence-corrected chi connectivity index (χ0v) is 9.70. The van der Waals surface area contributed by atoms with Crippen LogP contribution in [0, 0.1) is 0 Å². The first-order chi connectivity index (χ1) is 7.02. The second kappa shape index (κ2) is 5.28. The average Bonchev–Trinajstić information content (AvgIpc) is 2.11. The number of carbonyl (C=O) groups is 1. The number of amides is 1. The van der Waals surface area contributed by atoms with Crippen molar-refractivity contribution < 1.29 is 4.79 Å². The fourth-order valence-corrected chi connectivity index (χ4v) is 1.73. The Hall–Kier alpha value is -0.870. The fraction of sp³-hybridized carbons (Fsp3) is 0.727. The lowest BCUT2D eigenvalue weighted by Gasteiger charge is -2.37. The lowest BCUT2D eigenvalue weighted by atomic mass is 10.1. The van der Waals surface area contributed by atoms with Crippen molar-refractivity contribution in [1.82, 2.24) is 9.80 Å². The summed E-state index contributed by atoms with van der Waals surface area (Å²) in [6, 6.07) is 0.258. The molecular weight excluding hydrogens is 190 g/mol. The van der Waals surface area contributed by atoms with Gasteiger partial charge in [0.05, 0.1) is 6.54 Å². The maximum atomic E-state index is 11.8. The molecule has 1 saturated heterocycles. The monoisotopic (exact) mass is 211 g/mol. The number of nitrogens with two attached hydrogens (primary N) is 1. The Morgan fingerprint density at radius 2 is 2.20 bits per heavy atom. The van der Waals surface area contributed by atoms with Crippen LogP contribution in [0.4, 0.5) is 0 Å². The number of nitrogens with zero attached hydrogens (tertiary/aromatic N) is 2. The van der Waals surface area contributed by atoms with Gasteiger partial charge in [0.15, 0.2) is 0 Å². The van der Waals surface area contributed by atoms with Crippen molar-refractivity contribution >= 4 is 5.91 Å². The molecule has 0 unspecified atom stereocenters. The van der Waals surface area contributed by atoms with Gasteiger partial charge in [0.25, 0.3) is 0 Å². The van der Waals surface area contributed by atoms with Crippen molar-refractivity contribution in [3.05, 3.63) is 12.2 Å². The Morgan fingerprint density at radius 3 is 2.60 bits per heavy atom. The molecule has 1 rings (SSSR count). The Balaban J connectivity index is 2.33. The highest BCUT2D eigenvalue weighted by molar-refractivity contribution is 5.78. The van der Waals surface area contributed by atoms with Gasteiger partial charge in [-0.1, -0.05) is 12.2 Å². The van der Waals surface area contributed by atoms with Gasteiger partial charge in [0, 0.05) is 32.2 Å². The molecule has 1 aliphatic rings. The van der Waals surface area contributed by atoms with E-state index in [2.05, 4.69) is 11.5 Å². The van der Waals surface area contributed by atoms with Crippen molar-refractivity contribution in [3.8, 4) is 0 Å². The highest BCUT2D eigenvalue weighted by Gasteiger charge is 2.26. The van der Waals surface area contributed by atoms with Crippen molar-refractivity contribution in [1.29, 1.82) is 0 Å². The minimum atomic E-state index is 0.174. The van der Waals surface area contributed by atoms with Crippen molar-refractivity contribution in [3.63, 3.8) is 0 Å². The van der Waals surface area contributed by atoms with Gasteiger partial charge in [-0.3, -0.25) is 9.69 Å². The van der Waals surface area contributed by atoms with Gasteiger partial charge in [0.2, 0.25) is 5.91 Å². The summed E-state index contributed by atoms with van der Waals surface area (Å²) in [5.74, 6) is 0.174. The van der Waals surface area contributed by atoms with Gasteiger partial charge in [-0.05, 0) is 13.8 Å². The molecule has 4 heteroatoms. The topological polar surface area (TPSA) is 49.6 Å². The summed E-state index contributed by atoms with van der Waals surface area (Å²) < 4.78 is 0. The number of rotatable bonds is 5. The summed E-state index contributed by atoms with van der Waals surface area (Å²) in [6.07, 6.45) is 0. The summed E-state index contributed by atoms with van der Waals surface area (Å²) in [4.78, 5) is 15.7. The molecule has 1 fully saturated rings. The van der Waals surface area contributed by atoms with Gasteiger partial charge in [0.1, 0.15) is 0 Å². The molecule has 0 atom stereocenters. The van der Waals surface area contributed by atoms with Crippen LogP contribution in [0.15, 0.2) is 12.2 Å². The SMILES string of the molecule is C=C(C)CN(CC)C(=O)CN1CC(N)C1. The maximum absolute atomic E-state index is 11.8. The van der Waals surface area contributed by atoms with Gasteiger partial charge < -0.3 is 10.6 Å². The molecule has 0 aromatic rings. The van der Waals surface area contributed by atoms with E-state index in [1.54, 1.807) is 0 Å². The van der Waals surface area contributed by atoms with Gasteiger partial charge in [-0.25, -0.2) is 0 Å². The molecule has 0 aromatic carbocycles. The third-order valence-corrected chi connectivity index (χ3v) is 2.54. The van der Waals surface area contributed by atoms with Crippen LogP contribution >= 0.6 is 0 Å². The predicted octanol–water partition coefficient (Wildman–Crippen LogP) is 0.0539. The standard InChI is InChI=1S/C11H21N3O/c1-4-14(5-9(2)3)11(15)8-13-6-10(12)7-13/h10H,2,4-8,12H2,1,3H3. The van der Waals surface area contributed by atoms with Crippen LogP contribution in [-0.2, 0) is 4.79 Å².